The number of hydrogen-bond acceptors (Lipinski definition) is 4. The third kappa shape index (κ3) is 52.4. The largest absolute Gasteiger partial charge is 0.405 e. The van der Waals surface area contributed by atoms with Gasteiger partial charge in [-0.15, -0.1) is 19.4 Å². The third-order valence-electron chi connectivity index (χ3n) is 10.1. The van der Waals surface area contributed by atoms with Crippen molar-refractivity contribution in [1.82, 2.24) is 16.0 Å². The Morgan fingerprint density at radius 3 is 1.38 bits per heavy atom. The number of hydrogen-bond donors (Lipinski definition) is 4. The van der Waals surface area contributed by atoms with Crippen molar-refractivity contribution in [2.75, 3.05) is 32.7 Å². The van der Waals surface area contributed by atoms with Gasteiger partial charge in [-0.05, 0) is 121 Å². The minimum Gasteiger partial charge on any atom is -0.405 e. The van der Waals surface area contributed by atoms with Gasteiger partial charge in [0, 0.05) is 12.2 Å². The fourth-order valence-electron chi connectivity index (χ4n) is 6.50. The molecular formula is C49H102N4. The quantitative estimate of drug-likeness (QED) is 0.0366. The molecule has 0 aliphatic heterocycles. The van der Waals surface area contributed by atoms with Crippen LogP contribution >= 0.6 is 0 Å². The zero-order valence-corrected chi connectivity index (χ0v) is 38.4. The maximum absolute atomic E-state index is 4.61. The van der Waals surface area contributed by atoms with E-state index in [1.807, 2.05) is 0 Å². The highest BCUT2D eigenvalue weighted by molar-refractivity contribution is 5.00. The van der Waals surface area contributed by atoms with Crippen LogP contribution < -0.4 is 21.7 Å². The molecule has 4 nitrogen and oxygen atoms in total. The molecule has 3 unspecified atom stereocenters. The predicted octanol–water partition coefficient (Wildman–Crippen LogP) is 14.5. The van der Waals surface area contributed by atoms with Crippen molar-refractivity contribution < 1.29 is 0 Å². The first-order valence-electron chi connectivity index (χ1n) is 22.6. The summed E-state index contributed by atoms with van der Waals surface area (Å²) in [7, 11) is 0. The van der Waals surface area contributed by atoms with Crippen LogP contribution in [0.4, 0.5) is 0 Å². The van der Waals surface area contributed by atoms with E-state index in [1.165, 1.54) is 172 Å². The normalized spacial score (nSPS) is 16.7. The standard InChI is InChI=1S/C16H34N2.C12H22.C11H24.C6H15N.C2H5N.C2H2/c1-4-6-7-8-10-15-18-16(3)12-9-11-14-17-13-5-2;1-9(2)8-12(5)7-6-10(3)11(12)4;1-3-5-7-9-11-10-8-6-4-2;1-3-5-7-6-4-2;1-2-3;1-2/h17-18H,3-15H2,1-2H3;10-11H,1,6-8H2,2-5H3;3-11H2,1-2H3;7H,3-6H2,1-2H3;2H,1,3H2;1-2H. The first-order valence-corrected chi connectivity index (χ1v) is 22.6. The Morgan fingerprint density at radius 1 is 0.642 bits per heavy atom. The maximum Gasteiger partial charge on any atom is 0.0143 e. The molecule has 1 aliphatic rings. The van der Waals surface area contributed by atoms with E-state index in [2.05, 4.69) is 124 Å². The van der Waals surface area contributed by atoms with E-state index >= 15 is 0 Å². The fraction of sp³-hybridized carbons (Fsp3) is 0.837. The fourth-order valence-corrected chi connectivity index (χ4v) is 6.50. The number of rotatable bonds is 28. The molecule has 0 aromatic carbocycles. The van der Waals surface area contributed by atoms with E-state index in [0.717, 1.165) is 37.9 Å². The number of allylic oxidation sites excluding steroid dienone is 2. The zero-order chi connectivity index (χ0) is 41.4. The van der Waals surface area contributed by atoms with Gasteiger partial charge in [-0.25, -0.2) is 0 Å². The summed E-state index contributed by atoms with van der Waals surface area (Å²) in [6.07, 6.45) is 40.3. The second-order valence-corrected chi connectivity index (χ2v) is 15.7. The lowest BCUT2D eigenvalue weighted by atomic mass is 9.74. The zero-order valence-electron chi connectivity index (χ0n) is 38.4. The molecule has 0 radical (unpaired) electrons. The van der Waals surface area contributed by atoms with Gasteiger partial charge in [0.25, 0.3) is 0 Å². The molecule has 0 spiro atoms. The van der Waals surface area contributed by atoms with Gasteiger partial charge in [0.15, 0.2) is 0 Å². The molecule has 0 aromatic rings. The van der Waals surface area contributed by atoms with Gasteiger partial charge >= 0.3 is 0 Å². The van der Waals surface area contributed by atoms with Crippen LogP contribution in [0.15, 0.2) is 37.2 Å². The predicted molar refractivity (Wildman–Crippen MR) is 249 cm³/mol. The number of nitrogens with one attached hydrogen (secondary N) is 3. The van der Waals surface area contributed by atoms with E-state index in [4.69, 9.17) is 0 Å². The Labute approximate surface area is 337 Å². The molecular weight excluding hydrogens is 645 g/mol. The van der Waals surface area contributed by atoms with E-state index in [0.29, 0.717) is 5.41 Å². The number of unbranched alkanes of at least 4 members (excludes halogenated alkanes) is 13. The molecule has 0 aromatic heterocycles. The van der Waals surface area contributed by atoms with Crippen LogP contribution in [-0.2, 0) is 0 Å². The van der Waals surface area contributed by atoms with Crippen LogP contribution in [0, 0.1) is 30.1 Å². The molecule has 1 saturated carbocycles. The summed E-state index contributed by atoms with van der Waals surface area (Å²) in [4.78, 5) is 0. The molecule has 1 aliphatic carbocycles. The Morgan fingerprint density at radius 2 is 1.02 bits per heavy atom. The summed E-state index contributed by atoms with van der Waals surface area (Å²) in [5, 5.41) is 10.2. The molecule has 3 atom stereocenters. The van der Waals surface area contributed by atoms with Crippen LogP contribution in [0.25, 0.3) is 0 Å². The molecule has 0 amide bonds. The highest BCUT2D eigenvalue weighted by Crippen LogP contribution is 2.49. The Balaban J connectivity index is -0.000000193. The summed E-state index contributed by atoms with van der Waals surface area (Å²) in [6.45, 7) is 39.8. The molecule has 0 saturated heterocycles. The summed E-state index contributed by atoms with van der Waals surface area (Å²) in [6, 6.07) is 0. The number of terminal acetylenes is 1. The van der Waals surface area contributed by atoms with Crippen LogP contribution in [-0.4, -0.2) is 32.7 Å². The molecule has 0 bridgehead atoms. The molecule has 5 N–H and O–H groups in total. The first-order chi connectivity index (χ1) is 25.5. The third-order valence-corrected chi connectivity index (χ3v) is 10.1. The Bertz CT molecular complexity index is 699. The van der Waals surface area contributed by atoms with Gasteiger partial charge in [0.05, 0.1) is 0 Å². The van der Waals surface area contributed by atoms with Gasteiger partial charge in [-0.2, -0.15) is 0 Å². The van der Waals surface area contributed by atoms with Crippen molar-refractivity contribution in [3.05, 3.63) is 37.2 Å². The highest BCUT2D eigenvalue weighted by atomic mass is 14.9. The summed E-state index contributed by atoms with van der Waals surface area (Å²) in [5.41, 5.74) is 7.73. The maximum atomic E-state index is 4.61. The molecule has 53 heavy (non-hydrogen) atoms. The lowest BCUT2D eigenvalue weighted by molar-refractivity contribution is 0.217. The summed E-state index contributed by atoms with van der Waals surface area (Å²) in [5.74, 6) is 1.78. The van der Waals surface area contributed by atoms with Gasteiger partial charge in [-0.1, -0.05) is 165 Å². The monoisotopic (exact) mass is 747 g/mol. The van der Waals surface area contributed by atoms with Crippen molar-refractivity contribution in [3.8, 4) is 12.8 Å². The van der Waals surface area contributed by atoms with Gasteiger partial charge in [0.2, 0.25) is 0 Å². The number of nitrogens with two attached hydrogens (primary N) is 1. The molecule has 1 fully saturated rings. The molecule has 318 valence electrons. The van der Waals surface area contributed by atoms with Crippen molar-refractivity contribution in [3.63, 3.8) is 0 Å². The SMILES string of the molecule is C#C.C=C(C)CC1(C)CCC(C)C1C.C=C(CCCCNCCC)NCCCCCCC.C=CN.CCCCCCCCCCC.CCCNCCC. The Hall–Kier alpha value is -1.70. The second kappa shape index (κ2) is 52.4. The molecule has 4 heteroatoms. The van der Waals surface area contributed by atoms with Gasteiger partial charge in [-0.3, -0.25) is 0 Å². The first kappa shape index (κ1) is 60.5. The van der Waals surface area contributed by atoms with Crippen molar-refractivity contribution in [1.29, 1.82) is 0 Å². The van der Waals surface area contributed by atoms with E-state index in [9.17, 15) is 0 Å². The summed E-state index contributed by atoms with van der Waals surface area (Å²) < 4.78 is 0. The Kier molecular flexibility index (Phi) is 59.9. The smallest absolute Gasteiger partial charge is 0.0143 e. The molecule has 0 heterocycles. The minimum atomic E-state index is 0.547. The molecule has 1 rings (SSSR count). The van der Waals surface area contributed by atoms with Gasteiger partial charge in [0.1, 0.15) is 0 Å². The highest BCUT2D eigenvalue weighted by Gasteiger charge is 2.39. The van der Waals surface area contributed by atoms with Crippen LogP contribution in [0.1, 0.15) is 217 Å². The topological polar surface area (TPSA) is 62.1 Å². The van der Waals surface area contributed by atoms with Crippen LogP contribution in [0.5, 0.6) is 0 Å². The van der Waals surface area contributed by atoms with E-state index < -0.39 is 0 Å². The minimum absolute atomic E-state index is 0.547. The van der Waals surface area contributed by atoms with Crippen molar-refractivity contribution in [2.45, 2.75) is 217 Å². The average Bonchev–Trinajstić information content (AvgIpc) is 3.39. The van der Waals surface area contributed by atoms with E-state index in [-0.39, 0.29) is 0 Å². The second-order valence-electron chi connectivity index (χ2n) is 15.7. The van der Waals surface area contributed by atoms with Crippen LogP contribution in [0.2, 0.25) is 0 Å². The lowest BCUT2D eigenvalue weighted by Crippen LogP contribution is -2.22. The average molecular weight is 747 g/mol. The van der Waals surface area contributed by atoms with E-state index in [1.54, 1.807) is 0 Å². The van der Waals surface area contributed by atoms with Crippen molar-refractivity contribution >= 4 is 0 Å². The lowest BCUT2D eigenvalue weighted by Gasteiger charge is -2.31. The van der Waals surface area contributed by atoms with Crippen LogP contribution in [0.3, 0.4) is 0 Å². The summed E-state index contributed by atoms with van der Waals surface area (Å²) >= 11 is 0. The van der Waals surface area contributed by atoms with Crippen molar-refractivity contribution in [2.24, 2.45) is 23.0 Å². The van der Waals surface area contributed by atoms with Gasteiger partial charge < -0.3 is 21.7 Å².